The zero-order valence-electron chi connectivity index (χ0n) is 23.5. The molecule has 0 bridgehead atoms. The number of aromatic nitrogens is 4. The number of aliphatic hydroxyl groups is 1. The Balaban J connectivity index is 1.21. The Labute approximate surface area is 251 Å². The zero-order chi connectivity index (χ0) is 28.9. The number of anilines is 1. The van der Waals surface area contributed by atoms with E-state index >= 15 is 0 Å². The van der Waals surface area contributed by atoms with Crippen LogP contribution in [0.3, 0.4) is 0 Å². The van der Waals surface area contributed by atoms with Crippen molar-refractivity contribution in [3.63, 3.8) is 0 Å². The van der Waals surface area contributed by atoms with Gasteiger partial charge in [-0.3, -0.25) is 14.8 Å². The molecule has 4 aromatic rings. The minimum atomic E-state index is -0.455. The minimum Gasteiger partial charge on any atom is -0.387 e. The zero-order valence-corrected chi connectivity index (χ0v) is 24.3. The van der Waals surface area contributed by atoms with E-state index in [1.165, 1.54) is 5.56 Å². The summed E-state index contributed by atoms with van der Waals surface area (Å²) in [4.78, 5) is 25.8. The average molecular weight is 586 g/mol. The van der Waals surface area contributed by atoms with Crippen molar-refractivity contribution in [2.75, 3.05) is 38.1 Å². The largest absolute Gasteiger partial charge is 0.387 e. The van der Waals surface area contributed by atoms with Crippen LogP contribution < -0.4 is 5.32 Å². The van der Waals surface area contributed by atoms with Gasteiger partial charge in [0.15, 0.2) is 0 Å². The van der Waals surface area contributed by atoms with Crippen molar-refractivity contribution < 1.29 is 9.90 Å². The van der Waals surface area contributed by atoms with Crippen LogP contribution in [-0.4, -0.2) is 79.8 Å². The van der Waals surface area contributed by atoms with Gasteiger partial charge in [0.1, 0.15) is 12.3 Å². The minimum absolute atomic E-state index is 0.177. The highest BCUT2D eigenvalue weighted by Gasteiger charge is 2.29. The fraction of sp³-hybridized carbons (Fsp3) is 0.375. The van der Waals surface area contributed by atoms with E-state index in [0.717, 1.165) is 73.5 Å². The number of aliphatic hydroxyl groups excluding tert-OH is 1. The second kappa shape index (κ2) is 13.0. The van der Waals surface area contributed by atoms with Gasteiger partial charge in [0.2, 0.25) is 11.9 Å². The molecule has 0 aliphatic carbocycles. The van der Waals surface area contributed by atoms with Crippen molar-refractivity contribution in [3.05, 3.63) is 83.1 Å². The summed E-state index contributed by atoms with van der Waals surface area (Å²) in [5, 5.41) is 21.6. The number of rotatable bonds is 8. The number of hydrogen-bond acceptors (Lipinski definition) is 7. The Kier molecular flexibility index (Phi) is 8.79. The van der Waals surface area contributed by atoms with Gasteiger partial charge in [-0.25, -0.2) is 9.97 Å². The molecule has 2 aliphatic rings. The maximum absolute atomic E-state index is 12.0. The van der Waals surface area contributed by atoms with Gasteiger partial charge in [0.25, 0.3) is 0 Å². The normalized spacial score (nSPS) is 17.0. The van der Waals surface area contributed by atoms with Crippen LogP contribution in [0, 0.1) is 0 Å². The van der Waals surface area contributed by atoms with E-state index in [9.17, 15) is 9.90 Å². The van der Waals surface area contributed by atoms with E-state index < -0.39 is 6.61 Å². The smallest absolute Gasteiger partial charge is 0.248 e. The third-order valence-corrected chi connectivity index (χ3v) is 8.64. The van der Waals surface area contributed by atoms with Gasteiger partial charge < -0.3 is 15.3 Å². The molecule has 0 saturated carbocycles. The number of benzene rings is 2. The SMILES string of the molecule is O=C(CO)N1CCC(c2[nH]nc(-c3ccc(Cl)cc3)c2-c2ccnc(NC3CCN(Cc4ccccc4)CC3)n2)CC1. The Morgan fingerprint density at radius 1 is 0.976 bits per heavy atom. The van der Waals surface area contributed by atoms with Crippen molar-refractivity contribution in [1.82, 2.24) is 30.0 Å². The number of carbonyl (C=O) groups excluding carboxylic acids is 1. The maximum Gasteiger partial charge on any atom is 0.248 e. The summed E-state index contributed by atoms with van der Waals surface area (Å²) in [5.41, 5.74) is 5.87. The van der Waals surface area contributed by atoms with E-state index in [1.54, 1.807) is 11.1 Å². The molecule has 42 heavy (non-hydrogen) atoms. The molecular formula is C32H36ClN7O2. The first kappa shape index (κ1) is 28.3. The second-order valence-corrected chi connectivity index (χ2v) is 11.6. The third-order valence-electron chi connectivity index (χ3n) is 8.38. The second-order valence-electron chi connectivity index (χ2n) is 11.1. The van der Waals surface area contributed by atoms with Gasteiger partial charge in [0, 0.05) is 72.7 Å². The number of likely N-dealkylation sites (tertiary alicyclic amines) is 2. The molecule has 0 spiro atoms. The predicted molar refractivity (Wildman–Crippen MR) is 164 cm³/mol. The Morgan fingerprint density at radius 3 is 2.43 bits per heavy atom. The molecular weight excluding hydrogens is 550 g/mol. The van der Waals surface area contributed by atoms with Crippen LogP contribution in [0.15, 0.2) is 66.9 Å². The van der Waals surface area contributed by atoms with Crippen LogP contribution >= 0.6 is 11.6 Å². The lowest BCUT2D eigenvalue weighted by atomic mass is 9.89. The molecule has 2 aliphatic heterocycles. The van der Waals surface area contributed by atoms with Gasteiger partial charge in [0.05, 0.1) is 5.69 Å². The first-order valence-electron chi connectivity index (χ1n) is 14.7. The molecule has 3 N–H and O–H groups in total. The lowest BCUT2D eigenvalue weighted by molar-refractivity contribution is -0.135. The van der Waals surface area contributed by atoms with Crippen molar-refractivity contribution in [1.29, 1.82) is 0 Å². The lowest BCUT2D eigenvalue weighted by Crippen LogP contribution is -2.39. The van der Waals surface area contributed by atoms with E-state index in [1.807, 2.05) is 30.3 Å². The van der Waals surface area contributed by atoms with E-state index in [2.05, 4.69) is 50.6 Å². The summed E-state index contributed by atoms with van der Waals surface area (Å²) in [6.07, 6.45) is 5.41. The molecule has 2 fully saturated rings. The molecule has 4 heterocycles. The molecule has 218 valence electrons. The molecule has 0 unspecified atom stereocenters. The average Bonchev–Trinajstić information content (AvgIpc) is 3.48. The summed E-state index contributed by atoms with van der Waals surface area (Å²) in [7, 11) is 0. The quantitative estimate of drug-likeness (QED) is 0.268. The fourth-order valence-corrected chi connectivity index (χ4v) is 6.20. The molecule has 0 atom stereocenters. The Hall–Kier alpha value is -3.79. The van der Waals surface area contributed by atoms with Gasteiger partial charge in [-0.15, -0.1) is 0 Å². The lowest BCUT2D eigenvalue weighted by Gasteiger charge is -2.32. The number of carbonyl (C=O) groups is 1. The monoisotopic (exact) mass is 585 g/mol. The van der Waals surface area contributed by atoms with E-state index in [0.29, 0.717) is 30.1 Å². The van der Waals surface area contributed by atoms with Crippen molar-refractivity contribution in [2.24, 2.45) is 0 Å². The summed E-state index contributed by atoms with van der Waals surface area (Å²) in [6, 6.07) is 20.5. The number of nitrogens with zero attached hydrogens (tertiary/aromatic N) is 5. The van der Waals surface area contributed by atoms with Crippen LogP contribution in [0.1, 0.15) is 42.9 Å². The van der Waals surface area contributed by atoms with E-state index in [-0.39, 0.29) is 11.8 Å². The maximum atomic E-state index is 12.0. The molecule has 0 radical (unpaired) electrons. The summed E-state index contributed by atoms with van der Waals surface area (Å²) in [6.45, 7) is 3.76. The molecule has 10 heteroatoms. The number of nitrogens with one attached hydrogen (secondary N) is 2. The van der Waals surface area contributed by atoms with Gasteiger partial charge >= 0.3 is 0 Å². The Morgan fingerprint density at radius 2 is 1.71 bits per heavy atom. The van der Waals surface area contributed by atoms with Crippen LogP contribution in [0.5, 0.6) is 0 Å². The van der Waals surface area contributed by atoms with Crippen LogP contribution in [-0.2, 0) is 11.3 Å². The number of piperidine rings is 2. The highest BCUT2D eigenvalue weighted by molar-refractivity contribution is 6.30. The van der Waals surface area contributed by atoms with Gasteiger partial charge in [-0.05, 0) is 49.4 Å². The standard InChI is InChI=1S/C32H36ClN7O2/c33-25-8-6-23(7-9-25)30-29(31(38-37-30)24-11-18-40(19-12-24)28(42)21-41)27-10-15-34-32(36-27)35-26-13-16-39(17-14-26)20-22-4-2-1-3-5-22/h1-10,15,24,26,41H,11-14,16-21H2,(H,37,38)(H,34,35,36). The van der Waals surface area contributed by atoms with Gasteiger partial charge in [-0.2, -0.15) is 5.10 Å². The van der Waals surface area contributed by atoms with E-state index in [4.69, 9.17) is 21.7 Å². The van der Waals surface area contributed by atoms with Crippen molar-refractivity contribution in [2.45, 2.75) is 44.2 Å². The summed E-state index contributed by atoms with van der Waals surface area (Å²) in [5.74, 6) is 0.570. The third kappa shape index (κ3) is 6.48. The van der Waals surface area contributed by atoms with Crippen LogP contribution in [0.25, 0.3) is 22.5 Å². The highest BCUT2D eigenvalue weighted by atomic mass is 35.5. The number of hydrogen-bond donors (Lipinski definition) is 3. The number of amides is 1. The van der Waals surface area contributed by atoms with Crippen LogP contribution in [0.4, 0.5) is 5.95 Å². The molecule has 1 amide bonds. The first-order valence-corrected chi connectivity index (χ1v) is 15.0. The number of halogens is 1. The number of aromatic amines is 1. The van der Waals surface area contributed by atoms with Crippen molar-refractivity contribution in [3.8, 4) is 22.5 Å². The summed E-state index contributed by atoms with van der Waals surface area (Å²) >= 11 is 6.19. The van der Waals surface area contributed by atoms with Crippen molar-refractivity contribution >= 4 is 23.5 Å². The molecule has 6 rings (SSSR count). The number of H-pyrrole nitrogens is 1. The highest BCUT2D eigenvalue weighted by Crippen LogP contribution is 2.39. The molecule has 2 aromatic carbocycles. The first-order chi connectivity index (χ1) is 20.6. The van der Waals surface area contributed by atoms with Gasteiger partial charge in [-0.1, -0.05) is 54.1 Å². The summed E-state index contributed by atoms with van der Waals surface area (Å²) < 4.78 is 0. The fourth-order valence-electron chi connectivity index (χ4n) is 6.07. The molecule has 9 nitrogen and oxygen atoms in total. The molecule has 2 aromatic heterocycles. The predicted octanol–water partition coefficient (Wildman–Crippen LogP) is 4.96. The topological polar surface area (TPSA) is 110 Å². The van der Waals surface area contributed by atoms with Crippen LogP contribution in [0.2, 0.25) is 5.02 Å². The Bertz CT molecular complexity index is 1480. The molecule has 2 saturated heterocycles.